The van der Waals surface area contributed by atoms with E-state index < -0.39 is 0 Å². The largest absolute Gasteiger partial charge is 0.506 e. The molecule has 4 aromatic rings. The Labute approximate surface area is 179 Å². The van der Waals surface area contributed by atoms with E-state index in [0.717, 1.165) is 24.2 Å². The maximum atomic E-state index is 12.6. The highest BCUT2D eigenvalue weighted by molar-refractivity contribution is 6.34. The minimum atomic E-state index is -0.343. The van der Waals surface area contributed by atoms with Crippen LogP contribution in [0.25, 0.3) is 33.2 Å². The second-order valence-electron chi connectivity index (χ2n) is 7.66. The number of aromatic amines is 1. The number of H-pyrrole nitrogens is 1. The maximum absolute atomic E-state index is 12.6. The fourth-order valence-corrected chi connectivity index (χ4v) is 4.49. The zero-order valence-corrected chi connectivity index (χ0v) is 17.1. The Morgan fingerprint density at radius 1 is 0.900 bits per heavy atom. The summed E-state index contributed by atoms with van der Waals surface area (Å²) in [6, 6.07) is 21.1. The Morgan fingerprint density at radius 2 is 1.60 bits per heavy atom. The van der Waals surface area contributed by atoms with E-state index in [2.05, 4.69) is 34.1 Å². The van der Waals surface area contributed by atoms with Crippen molar-refractivity contribution in [3.8, 4) is 28.0 Å². The number of nitrogens with one attached hydrogen (secondary N) is 1. The van der Waals surface area contributed by atoms with Crippen LogP contribution in [0.4, 0.5) is 5.69 Å². The van der Waals surface area contributed by atoms with Crippen LogP contribution in [0.2, 0.25) is 5.02 Å². The van der Waals surface area contributed by atoms with Crippen molar-refractivity contribution in [1.29, 1.82) is 0 Å². The van der Waals surface area contributed by atoms with Crippen molar-refractivity contribution in [2.24, 2.45) is 0 Å². The molecule has 5 heteroatoms. The minimum absolute atomic E-state index is 0.0356. The van der Waals surface area contributed by atoms with Gasteiger partial charge in [-0.15, -0.1) is 0 Å². The topological polar surface area (TPSA) is 56.3 Å². The lowest BCUT2D eigenvalue weighted by Crippen LogP contribution is -2.17. The average Bonchev–Trinajstić information content (AvgIpc) is 3.29. The van der Waals surface area contributed by atoms with E-state index in [9.17, 15) is 9.90 Å². The molecule has 0 amide bonds. The SMILES string of the molecule is O=c1[nH]c2cc(Cl)c(-c3ccc(N4CCCC4)cc3)cc2c(O)c1-c1ccccc1. The third-order valence-electron chi connectivity index (χ3n) is 5.79. The van der Waals surface area contributed by atoms with Gasteiger partial charge in [-0.2, -0.15) is 0 Å². The molecule has 4 nitrogen and oxygen atoms in total. The molecule has 30 heavy (non-hydrogen) atoms. The number of nitrogens with zero attached hydrogens (tertiary/aromatic N) is 1. The molecule has 0 saturated carbocycles. The second kappa shape index (κ2) is 7.54. The van der Waals surface area contributed by atoms with Crippen molar-refractivity contribution in [3.05, 3.63) is 82.1 Å². The first-order valence-corrected chi connectivity index (χ1v) is 10.5. The normalized spacial score (nSPS) is 13.8. The Bertz CT molecular complexity index is 1270. The smallest absolute Gasteiger partial charge is 0.260 e. The van der Waals surface area contributed by atoms with Crippen LogP contribution in [0.15, 0.2) is 71.5 Å². The third kappa shape index (κ3) is 3.23. The van der Waals surface area contributed by atoms with Gasteiger partial charge in [-0.05, 0) is 48.2 Å². The lowest BCUT2D eigenvalue weighted by atomic mass is 9.99. The quantitative estimate of drug-likeness (QED) is 0.442. The molecule has 1 aromatic heterocycles. The van der Waals surface area contributed by atoms with Crippen LogP contribution < -0.4 is 10.5 Å². The third-order valence-corrected chi connectivity index (χ3v) is 6.10. The highest BCUT2D eigenvalue weighted by Gasteiger charge is 2.17. The summed E-state index contributed by atoms with van der Waals surface area (Å²) in [7, 11) is 0. The molecule has 1 saturated heterocycles. The Kier molecular flexibility index (Phi) is 4.72. The summed E-state index contributed by atoms with van der Waals surface area (Å²) >= 11 is 6.55. The van der Waals surface area contributed by atoms with Crippen molar-refractivity contribution < 1.29 is 5.11 Å². The van der Waals surface area contributed by atoms with Gasteiger partial charge in [0, 0.05) is 29.7 Å². The number of hydrogen-bond donors (Lipinski definition) is 2. The summed E-state index contributed by atoms with van der Waals surface area (Å²) < 4.78 is 0. The van der Waals surface area contributed by atoms with Gasteiger partial charge in [0.05, 0.1) is 16.1 Å². The van der Waals surface area contributed by atoms with Gasteiger partial charge in [0.2, 0.25) is 0 Å². The minimum Gasteiger partial charge on any atom is -0.506 e. The summed E-state index contributed by atoms with van der Waals surface area (Å²) in [5, 5.41) is 12.1. The Hall–Kier alpha value is -3.24. The standard InChI is InChI=1S/C25H21ClN2O2/c26-21-15-22-20(24(29)23(25(30)27-22)17-6-2-1-3-7-17)14-19(21)16-8-10-18(11-9-16)28-12-4-5-13-28/h1-3,6-11,14-15H,4-5,12-13H2,(H2,27,29,30). The number of fused-ring (bicyclic) bond motifs is 1. The molecule has 3 aromatic carbocycles. The summed E-state index contributed by atoms with van der Waals surface area (Å²) in [6.45, 7) is 2.19. The zero-order chi connectivity index (χ0) is 20.7. The van der Waals surface area contributed by atoms with E-state index in [1.54, 1.807) is 6.07 Å². The van der Waals surface area contributed by atoms with Gasteiger partial charge in [0.25, 0.3) is 5.56 Å². The van der Waals surface area contributed by atoms with Crippen molar-refractivity contribution in [1.82, 2.24) is 4.98 Å². The van der Waals surface area contributed by atoms with Gasteiger partial charge in [-0.1, -0.05) is 54.1 Å². The molecule has 0 radical (unpaired) electrons. The summed E-state index contributed by atoms with van der Waals surface area (Å²) in [6.07, 6.45) is 2.47. The molecular formula is C25H21ClN2O2. The summed E-state index contributed by atoms with van der Waals surface area (Å²) in [5.41, 5.74) is 4.11. The molecule has 0 spiro atoms. The van der Waals surface area contributed by atoms with Crippen LogP contribution in [0.5, 0.6) is 5.75 Å². The summed E-state index contributed by atoms with van der Waals surface area (Å²) in [5.74, 6) is -0.0356. The monoisotopic (exact) mass is 416 g/mol. The van der Waals surface area contributed by atoms with Crippen LogP contribution in [0.3, 0.4) is 0 Å². The highest BCUT2D eigenvalue weighted by Crippen LogP contribution is 2.38. The molecule has 0 bridgehead atoms. The van der Waals surface area contributed by atoms with Gasteiger partial charge >= 0.3 is 0 Å². The van der Waals surface area contributed by atoms with Crippen molar-refractivity contribution >= 4 is 28.2 Å². The number of hydrogen-bond acceptors (Lipinski definition) is 3. The molecule has 1 aliphatic heterocycles. The molecule has 0 atom stereocenters. The first-order valence-electron chi connectivity index (χ1n) is 10.1. The predicted molar refractivity (Wildman–Crippen MR) is 124 cm³/mol. The van der Waals surface area contributed by atoms with E-state index in [1.807, 2.05) is 36.4 Å². The molecule has 5 rings (SSSR count). The molecule has 1 fully saturated rings. The Morgan fingerprint density at radius 3 is 2.30 bits per heavy atom. The van der Waals surface area contributed by atoms with Gasteiger partial charge < -0.3 is 15.0 Å². The fourth-order valence-electron chi connectivity index (χ4n) is 4.22. The van der Waals surface area contributed by atoms with Crippen LogP contribution in [-0.4, -0.2) is 23.2 Å². The van der Waals surface area contributed by atoms with E-state index in [-0.39, 0.29) is 16.9 Å². The number of benzene rings is 3. The fraction of sp³-hybridized carbons (Fsp3) is 0.160. The first-order chi connectivity index (χ1) is 14.6. The summed E-state index contributed by atoms with van der Waals surface area (Å²) in [4.78, 5) is 17.9. The second-order valence-corrected chi connectivity index (χ2v) is 8.07. The van der Waals surface area contributed by atoms with E-state index >= 15 is 0 Å². The molecule has 0 unspecified atom stereocenters. The van der Waals surface area contributed by atoms with Crippen LogP contribution in [0.1, 0.15) is 12.8 Å². The van der Waals surface area contributed by atoms with Gasteiger partial charge in [-0.3, -0.25) is 4.79 Å². The Balaban J connectivity index is 1.63. The van der Waals surface area contributed by atoms with Crippen LogP contribution in [0, 0.1) is 0 Å². The molecule has 1 aliphatic rings. The predicted octanol–water partition coefficient (Wildman–Crippen LogP) is 5.82. The van der Waals surface area contributed by atoms with E-state index in [1.165, 1.54) is 18.5 Å². The van der Waals surface area contributed by atoms with Crippen molar-refractivity contribution in [2.45, 2.75) is 12.8 Å². The van der Waals surface area contributed by atoms with Gasteiger partial charge in [-0.25, -0.2) is 0 Å². The lowest BCUT2D eigenvalue weighted by molar-refractivity contribution is 0.482. The average molecular weight is 417 g/mol. The zero-order valence-electron chi connectivity index (χ0n) is 16.4. The van der Waals surface area contributed by atoms with E-state index in [4.69, 9.17) is 11.6 Å². The van der Waals surface area contributed by atoms with Gasteiger partial charge in [0.15, 0.2) is 0 Å². The van der Waals surface area contributed by atoms with Crippen LogP contribution >= 0.6 is 11.6 Å². The first kappa shape index (κ1) is 18.8. The molecule has 2 heterocycles. The molecular weight excluding hydrogens is 396 g/mol. The van der Waals surface area contributed by atoms with E-state index in [0.29, 0.717) is 21.5 Å². The molecule has 2 N–H and O–H groups in total. The van der Waals surface area contributed by atoms with Gasteiger partial charge in [0.1, 0.15) is 5.75 Å². The van der Waals surface area contributed by atoms with Crippen LogP contribution in [-0.2, 0) is 0 Å². The maximum Gasteiger partial charge on any atom is 0.260 e. The number of aromatic hydroxyl groups is 1. The molecule has 0 aliphatic carbocycles. The number of halogens is 1. The number of anilines is 1. The van der Waals surface area contributed by atoms with Crippen molar-refractivity contribution in [3.63, 3.8) is 0 Å². The molecule has 150 valence electrons. The number of rotatable bonds is 3. The number of pyridine rings is 1. The lowest BCUT2D eigenvalue weighted by Gasteiger charge is -2.18. The highest BCUT2D eigenvalue weighted by atomic mass is 35.5. The number of aromatic nitrogens is 1. The van der Waals surface area contributed by atoms with Crippen molar-refractivity contribution in [2.75, 3.05) is 18.0 Å².